The van der Waals surface area contributed by atoms with E-state index in [9.17, 15) is 9.59 Å². The van der Waals surface area contributed by atoms with Gasteiger partial charge in [-0.15, -0.1) is 11.6 Å². The van der Waals surface area contributed by atoms with Crippen LogP contribution < -0.4 is 0 Å². The molecule has 0 spiro atoms. The molecule has 1 N–H and O–H groups in total. The summed E-state index contributed by atoms with van der Waals surface area (Å²) >= 11 is 5.28. The van der Waals surface area contributed by atoms with Crippen LogP contribution >= 0.6 is 11.6 Å². The summed E-state index contributed by atoms with van der Waals surface area (Å²) < 4.78 is 0. The molecule has 0 aliphatic carbocycles. The number of rotatable bonds is 3. The van der Waals surface area contributed by atoms with E-state index in [0.717, 1.165) is 0 Å². The second-order valence-corrected chi connectivity index (χ2v) is 2.07. The average Bonchev–Trinajstić information content (AvgIpc) is 1.84. The van der Waals surface area contributed by atoms with Gasteiger partial charge >= 0.3 is 5.97 Å². The number of ketones is 1. The van der Waals surface area contributed by atoms with E-state index in [0.29, 0.717) is 6.42 Å². The summed E-state index contributed by atoms with van der Waals surface area (Å²) in [6.07, 6.45) is 0.354. The first-order valence-corrected chi connectivity index (χ1v) is 2.94. The fraction of sp³-hybridized carbons (Fsp3) is 0.600. The van der Waals surface area contributed by atoms with Crippen molar-refractivity contribution < 1.29 is 14.7 Å². The number of aliphatic carboxylic acids is 1. The molecule has 0 heterocycles. The van der Waals surface area contributed by atoms with Gasteiger partial charge in [-0.25, -0.2) is 4.79 Å². The Labute approximate surface area is 57.6 Å². The van der Waals surface area contributed by atoms with Crippen LogP contribution in [-0.2, 0) is 9.59 Å². The van der Waals surface area contributed by atoms with Crippen molar-refractivity contribution in [2.45, 2.75) is 18.7 Å². The van der Waals surface area contributed by atoms with E-state index in [1.54, 1.807) is 6.92 Å². The first-order valence-electron chi connectivity index (χ1n) is 2.50. The third kappa shape index (κ3) is 2.46. The third-order valence-electron chi connectivity index (χ3n) is 0.854. The van der Waals surface area contributed by atoms with Gasteiger partial charge in [-0.2, -0.15) is 0 Å². The predicted molar refractivity (Wildman–Crippen MR) is 32.6 cm³/mol. The molecule has 9 heavy (non-hydrogen) atoms. The van der Waals surface area contributed by atoms with Crippen LogP contribution in [0.25, 0.3) is 0 Å². The third-order valence-corrected chi connectivity index (χ3v) is 1.36. The minimum absolute atomic E-state index is 0.354. The molecule has 0 bridgehead atoms. The van der Waals surface area contributed by atoms with Gasteiger partial charge in [0.1, 0.15) is 5.38 Å². The standard InChI is InChI=1S/C5H7ClO3/c1-2-3(6)4(7)5(8)9/h3H,2H2,1H3,(H,8,9). The molecule has 52 valence electrons. The lowest BCUT2D eigenvalue weighted by Crippen LogP contribution is -2.22. The first kappa shape index (κ1) is 8.43. The monoisotopic (exact) mass is 150 g/mol. The predicted octanol–water partition coefficient (Wildman–Crippen LogP) is 0.657. The smallest absolute Gasteiger partial charge is 0.373 e. The molecule has 0 fully saturated rings. The van der Waals surface area contributed by atoms with E-state index >= 15 is 0 Å². The summed E-state index contributed by atoms with van der Waals surface area (Å²) in [5.41, 5.74) is 0. The number of Topliss-reactive ketones (excluding diaryl/α,β-unsaturated/α-hetero) is 1. The summed E-state index contributed by atoms with van der Waals surface area (Å²) in [5.74, 6) is -2.39. The molecular formula is C5H7ClO3. The summed E-state index contributed by atoms with van der Waals surface area (Å²) in [5, 5.41) is 7.18. The van der Waals surface area contributed by atoms with E-state index in [4.69, 9.17) is 16.7 Å². The molecule has 0 aromatic heterocycles. The topological polar surface area (TPSA) is 54.4 Å². The van der Waals surface area contributed by atoms with Gasteiger partial charge in [0.2, 0.25) is 0 Å². The number of halogens is 1. The normalized spacial score (nSPS) is 12.7. The molecule has 0 saturated carbocycles. The molecule has 0 saturated heterocycles. The van der Waals surface area contributed by atoms with Crippen molar-refractivity contribution in [1.82, 2.24) is 0 Å². The molecular weight excluding hydrogens is 144 g/mol. The summed E-state index contributed by atoms with van der Waals surface area (Å²) in [6, 6.07) is 0. The number of alkyl halides is 1. The summed E-state index contributed by atoms with van der Waals surface area (Å²) in [7, 11) is 0. The number of carboxylic acids is 1. The molecule has 4 heteroatoms. The van der Waals surface area contributed by atoms with Crippen molar-refractivity contribution in [3.8, 4) is 0 Å². The van der Waals surface area contributed by atoms with E-state index < -0.39 is 17.1 Å². The Hall–Kier alpha value is -0.570. The molecule has 0 aromatic carbocycles. The number of carbonyl (C=O) groups excluding carboxylic acids is 1. The zero-order valence-corrected chi connectivity index (χ0v) is 5.68. The van der Waals surface area contributed by atoms with E-state index in [2.05, 4.69) is 0 Å². The van der Waals surface area contributed by atoms with E-state index in [1.807, 2.05) is 0 Å². The Morgan fingerprint density at radius 1 is 1.67 bits per heavy atom. The van der Waals surface area contributed by atoms with Gasteiger partial charge < -0.3 is 5.11 Å². The highest BCUT2D eigenvalue weighted by atomic mass is 35.5. The van der Waals surface area contributed by atoms with Gasteiger partial charge in [0.05, 0.1) is 0 Å². The SMILES string of the molecule is CCC(Cl)C(=O)C(=O)O. The fourth-order valence-corrected chi connectivity index (χ4v) is 0.413. The molecule has 1 atom stereocenters. The molecule has 0 aromatic rings. The second kappa shape index (κ2) is 3.45. The van der Waals surface area contributed by atoms with E-state index in [1.165, 1.54) is 0 Å². The largest absolute Gasteiger partial charge is 0.475 e. The number of hydrogen-bond acceptors (Lipinski definition) is 2. The van der Waals surface area contributed by atoms with Crippen LogP contribution in [0.4, 0.5) is 0 Å². The quantitative estimate of drug-likeness (QED) is 0.475. The first-order chi connectivity index (χ1) is 4.09. The highest BCUT2D eigenvalue weighted by molar-refractivity contribution is 6.47. The molecule has 1 unspecified atom stereocenters. The van der Waals surface area contributed by atoms with Gasteiger partial charge in [-0.3, -0.25) is 4.79 Å². The van der Waals surface area contributed by atoms with E-state index in [-0.39, 0.29) is 0 Å². The van der Waals surface area contributed by atoms with Crippen molar-refractivity contribution in [2.24, 2.45) is 0 Å². The van der Waals surface area contributed by atoms with Crippen LogP contribution in [0, 0.1) is 0 Å². The number of hydrogen-bond donors (Lipinski definition) is 1. The van der Waals surface area contributed by atoms with Gasteiger partial charge in [0, 0.05) is 0 Å². The molecule has 0 aliphatic heterocycles. The maximum atomic E-state index is 10.3. The minimum atomic E-state index is -1.46. The summed E-state index contributed by atoms with van der Waals surface area (Å²) in [6.45, 7) is 1.65. The second-order valence-electron chi connectivity index (χ2n) is 1.55. The van der Waals surface area contributed by atoms with Crippen LogP contribution in [0.2, 0.25) is 0 Å². The Kier molecular flexibility index (Phi) is 3.24. The number of carbonyl (C=O) groups is 2. The van der Waals surface area contributed by atoms with Crippen molar-refractivity contribution in [3.05, 3.63) is 0 Å². The Morgan fingerprint density at radius 3 is 2.22 bits per heavy atom. The highest BCUT2D eigenvalue weighted by Gasteiger charge is 2.19. The fourth-order valence-electron chi connectivity index (χ4n) is 0.319. The van der Waals surface area contributed by atoms with Crippen molar-refractivity contribution in [3.63, 3.8) is 0 Å². The van der Waals surface area contributed by atoms with Gasteiger partial charge in [0.15, 0.2) is 0 Å². The average molecular weight is 151 g/mol. The number of carboxylic acid groups (broad SMARTS) is 1. The minimum Gasteiger partial charge on any atom is -0.475 e. The Balaban J connectivity index is 3.88. The lowest BCUT2D eigenvalue weighted by molar-refractivity contribution is -0.148. The Morgan fingerprint density at radius 2 is 2.11 bits per heavy atom. The van der Waals surface area contributed by atoms with Crippen LogP contribution in [0.1, 0.15) is 13.3 Å². The van der Waals surface area contributed by atoms with Crippen molar-refractivity contribution in [2.75, 3.05) is 0 Å². The van der Waals surface area contributed by atoms with Crippen LogP contribution in [0.5, 0.6) is 0 Å². The lowest BCUT2D eigenvalue weighted by Gasteiger charge is -1.97. The van der Waals surface area contributed by atoms with Crippen molar-refractivity contribution >= 4 is 23.4 Å². The van der Waals surface area contributed by atoms with Crippen LogP contribution in [0.15, 0.2) is 0 Å². The summed E-state index contributed by atoms with van der Waals surface area (Å²) in [4.78, 5) is 20.2. The van der Waals surface area contributed by atoms with Crippen LogP contribution in [0.3, 0.4) is 0 Å². The zero-order chi connectivity index (χ0) is 7.44. The highest BCUT2D eigenvalue weighted by Crippen LogP contribution is 2.01. The zero-order valence-electron chi connectivity index (χ0n) is 4.93. The molecule has 0 radical (unpaired) electrons. The van der Waals surface area contributed by atoms with Gasteiger partial charge in [-0.1, -0.05) is 6.92 Å². The van der Waals surface area contributed by atoms with Crippen molar-refractivity contribution in [1.29, 1.82) is 0 Å². The molecule has 3 nitrogen and oxygen atoms in total. The maximum Gasteiger partial charge on any atom is 0.373 e. The lowest BCUT2D eigenvalue weighted by atomic mass is 10.2. The maximum absolute atomic E-state index is 10.3. The van der Waals surface area contributed by atoms with Gasteiger partial charge in [-0.05, 0) is 6.42 Å². The molecule has 0 aliphatic rings. The molecule has 0 rings (SSSR count). The van der Waals surface area contributed by atoms with Crippen LogP contribution in [-0.4, -0.2) is 22.2 Å². The molecule has 0 amide bonds. The van der Waals surface area contributed by atoms with Gasteiger partial charge in [0.25, 0.3) is 5.78 Å². The Bertz CT molecular complexity index is 132.